The zero-order valence-electron chi connectivity index (χ0n) is 14.8. The van der Waals surface area contributed by atoms with Crippen molar-refractivity contribution >= 4 is 28.5 Å². The number of ether oxygens (including phenoxy) is 1. The largest absolute Gasteiger partial charge is 0.418 e. The fraction of sp³-hybridized carbons (Fsp3) is 0.250. The lowest BCUT2D eigenvalue weighted by Crippen LogP contribution is -2.37. The van der Waals surface area contributed by atoms with Crippen LogP contribution in [0.2, 0.25) is 0 Å². The van der Waals surface area contributed by atoms with E-state index in [1.807, 2.05) is 0 Å². The Hall–Kier alpha value is -3.00. The lowest BCUT2D eigenvalue weighted by Gasteiger charge is -2.31. The van der Waals surface area contributed by atoms with Gasteiger partial charge in [0.25, 0.3) is 5.91 Å². The number of nitrogens with one attached hydrogen (secondary N) is 2. The Balaban J connectivity index is 1.63. The molecule has 0 unspecified atom stereocenters. The van der Waals surface area contributed by atoms with E-state index < -0.39 is 11.7 Å². The molecule has 1 saturated heterocycles. The first-order valence-electron chi connectivity index (χ1n) is 8.85. The van der Waals surface area contributed by atoms with Crippen LogP contribution in [0.1, 0.15) is 11.1 Å². The van der Waals surface area contributed by atoms with Crippen molar-refractivity contribution in [2.75, 3.05) is 41.8 Å². The zero-order chi connectivity index (χ0) is 19.7. The van der Waals surface area contributed by atoms with Crippen LogP contribution in [0.4, 0.5) is 30.2 Å². The van der Waals surface area contributed by atoms with Crippen LogP contribution in [0, 0.1) is 0 Å². The molecule has 0 aliphatic carbocycles. The number of anilines is 3. The molecule has 4 rings (SSSR count). The van der Waals surface area contributed by atoms with Gasteiger partial charge in [0.05, 0.1) is 24.4 Å². The first-order chi connectivity index (χ1) is 13.4. The van der Waals surface area contributed by atoms with Crippen molar-refractivity contribution in [3.8, 4) is 0 Å². The van der Waals surface area contributed by atoms with Gasteiger partial charge in [0.15, 0.2) is 0 Å². The minimum absolute atomic E-state index is 0.137. The molecule has 0 spiro atoms. The molecule has 28 heavy (non-hydrogen) atoms. The van der Waals surface area contributed by atoms with Gasteiger partial charge in [-0.2, -0.15) is 13.2 Å². The maximum atomic E-state index is 13.6. The monoisotopic (exact) mass is 389 g/mol. The fourth-order valence-electron chi connectivity index (χ4n) is 3.37. The average molecular weight is 389 g/mol. The van der Waals surface area contributed by atoms with Crippen molar-refractivity contribution in [1.29, 1.82) is 0 Å². The maximum Gasteiger partial charge on any atom is 0.418 e. The summed E-state index contributed by atoms with van der Waals surface area (Å²) in [6, 6.07) is 11.3. The van der Waals surface area contributed by atoms with Crippen molar-refractivity contribution in [3.05, 3.63) is 59.8 Å². The summed E-state index contributed by atoms with van der Waals surface area (Å²) in [5, 5.41) is 5.56. The number of hydrogen-bond acceptors (Lipinski definition) is 4. The van der Waals surface area contributed by atoms with Gasteiger partial charge in [-0.05, 0) is 24.3 Å². The number of rotatable bonds is 3. The molecule has 8 heteroatoms. The second-order valence-corrected chi connectivity index (χ2v) is 6.53. The van der Waals surface area contributed by atoms with Gasteiger partial charge in [-0.25, -0.2) is 0 Å². The second kappa shape index (κ2) is 7.20. The summed E-state index contributed by atoms with van der Waals surface area (Å²) >= 11 is 0. The number of nitrogens with zero attached hydrogens (tertiary/aromatic N) is 1. The van der Waals surface area contributed by atoms with Crippen molar-refractivity contribution in [3.63, 3.8) is 0 Å². The molecule has 0 atom stereocenters. The summed E-state index contributed by atoms with van der Waals surface area (Å²) in [7, 11) is 0. The van der Waals surface area contributed by atoms with Crippen molar-refractivity contribution < 1.29 is 22.7 Å². The number of para-hydroxylation sites is 1. The van der Waals surface area contributed by atoms with Crippen molar-refractivity contribution in [2.45, 2.75) is 6.18 Å². The molecule has 2 heterocycles. The molecule has 2 aliphatic heterocycles. The lowest BCUT2D eigenvalue weighted by molar-refractivity contribution is -0.137. The van der Waals surface area contributed by atoms with E-state index in [1.54, 1.807) is 35.2 Å². The highest BCUT2D eigenvalue weighted by molar-refractivity contribution is 6.31. The van der Waals surface area contributed by atoms with Crippen molar-refractivity contribution in [2.24, 2.45) is 0 Å². The van der Waals surface area contributed by atoms with Gasteiger partial charge in [0, 0.05) is 41.9 Å². The summed E-state index contributed by atoms with van der Waals surface area (Å²) in [6.07, 6.45) is -3.05. The number of carbonyl (C=O) groups excluding carboxylic acids is 1. The number of alkyl halides is 3. The highest BCUT2D eigenvalue weighted by Crippen LogP contribution is 2.39. The third-order valence-electron chi connectivity index (χ3n) is 4.75. The molecule has 0 radical (unpaired) electrons. The molecule has 5 nitrogen and oxygen atoms in total. The van der Waals surface area contributed by atoms with Gasteiger partial charge in [0.1, 0.15) is 0 Å². The third-order valence-corrected chi connectivity index (χ3v) is 4.75. The second-order valence-electron chi connectivity index (χ2n) is 6.53. The molecule has 2 aliphatic rings. The van der Waals surface area contributed by atoms with Gasteiger partial charge in [-0.1, -0.05) is 18.2 Å². The Morgan fingerprint density at radius 2 is 1.86 bits per heavy atom. The van der Waals surface area contributed by atoms with E-state index in [1.165, 1.54) is 12.3 Å². The maximum absolute atomic E-state index is 13.6. The van der Waals surface area contributed by atoms with Gasteiger partial charge >= 0.3 is 6.18 Å². The standard InChI is InChI=1S/C20H18F3N3O2/c21-20(22,23)16-11-13(5-6-18(16)26-7-9-28-10-8-26)24-12-15-14-3-1-2-4-17(14)25-19(15)27/h1-6,11-12,24H,7-10H2,(H,25,27). The van der Waals surface area contributed by atoms with Crippen LogP contribution in [0.5, 0.6) is 0 Å². The highest BCUT2D eigenvalue weighted by atomic mass is 19.4. The van der Waals surface area contributed by atoms with E-state index in [2.05, 4.69) is 10.6 Å². The lowest BCUT2D eigenvalue weighted by atomic mass is 10.1. The highest BCUT2D eigenvalue weighted by Gasteiger charge is 2.35. The predicted molar refractivity (Wildman–Crippen MR) is 101 cm³/mol. The molecular formula is C20H18F3N3O2. The molecule has 2 aromatic rings. The molecule has 2 aromatic carbocycles. The first kappa shape index (κ1) is 18.4. The van der Waals surface area contributed by atoms with Crippen LogP contribution < -0.4 is 15.5 Å². The van der Waals surface area contributed by atoms with E-state index in [0.29, 0.717) is 43.1 Å². The minimum atomic E-state index is -4.49. The summed E-state index contributed by atoms with van der Waals surface area (Å²) in [5.74, 6) is -0.297. The van der Waals surface area contributed by atoms with Gasteiger partial charge in [0.2, 0.25) is 0 Å². The predicted octanol–water partition coefficient (Wildman–Crippen LogP) is 3.95. The number of halogens is 3. The van der Waals surface area contributed by atoms with E-state index in [4.69, 9.17) is 4.74 Å². The van der Waals surface area contributed by atoms with Gasteiger partial charge < -0.3 is 20.3 Å². The third kappa shape index (κ3) is 3.55. The summed E-state index contributed by atoms with van der Waals surface area (Å²) < 4.78 is 46.1. The van der Waals surface area contributed by atoms with Crippen LogP contribution in [0.15, 0.2) is 48.7 Å². The minimum Gasteiger partial charge on any atom is -0.378 e. The van der Waals surface area contributed by atoms with E-state index in [0.717, 1.165) is 6.07 Å². The van der Waals surface area contributed by atoms with Crippen molar-refractivity contribution in [1.82, 2.24) is 0 Å². The number of hydrogen-bond donors (Lipinski definition) is 2. The van der Waals surface area contributed by atoms with Crippen LogP contribution >= 0.6 is 0 Å². The number of amides is 1. The SMILES string of the molecule is O=C1Nc2ccccc2C1=CNc1ccc(N2CCOCC2)c(C(F)(F)F)c1. The topological polar surface area (TPSA) is 53.6 Å². The first-order valence-corrected chi connectivity index (χ1v) is 8.85. The Bertz CT molecular complexity index is 935. The van der Waals surface area contributed by atoms with Crippen LogP contribution in [-0.4, -0.2) is 32.2 Å². The van der Waals surface area contributed by atoms with E-state index in [-0.39, 0.29) is 17.3 Å². The quantitative estimate of drug-likeness (QED) is 0.781. The van der Waals surface area contributed by atoms with Crippen LogP contribution in [-0.2, 0) is 15.7 Å². The summed E-state index contributed by atoms with van der Waals surface area (Å²) in [6.45, 7) is 1.63. The number of benzene rings is 2. The smallest absolute Gasteiger partial charge is 0.378 e. The molecule has 2 N–H and O–H groups in total. The molecule has 0 bridgehead atoms. The molecule has 0 saturated carbocycles. The molecule has 0 aromatic heterocycles. The normalized spacial score (nSPS) is 18.2. The Kier molecular flexibility index (Phi) is 4.72. The number of carbonyl (C=O) groups is 1. The number of fused-ring (bicyclic) bond motifs is 1. The van der Waals surface area contributed by atoms with E-state index in [9.17, 15) is 18.0 Å². The molecule has 146 valence electrons. The Morgan fingerprint density at radius 3 is 2.61 bits per heavy atom. The van der Waals surface area contributed by atoms with Gasteiger partial charge in [-0.15, -0.1) is 0 Å². The van der Waals surface area contributed by atoms with Crippen LogP contribution in [0.25, 0.3) is 5.57 Å². The summed E-state index contributed by atoms with van der Waals surface area (Å²) in [4.78, 5) is 13.8. The zero-order valence-corrected chi connectivity index (χ0v) is 14.8. The average Bonchev–Trinajstić information content (AvgIpc) is 3.01. The van der Waals surface area contributed by atoms with Crippen LogP contribution in [0.3, 0.4) is 0 Å². The molecular weight excluding hydrogens is 371 g/mol. The van der Waals surface area contributed by atoms with E-state index >= 15 is 0 Å². The molecule has 1 fully saturated rings. The Labute approximate surface area is 159 Å². The number of morpholine rings is 1. The molecule has 1 amide bonds. The fourth-order valence-corrected chi connectivity index (χ4v) is 3.37. The summed E-state index contributed by atoms with van der Waals surface area (Å²) in [5.41, 5.74) is 1.45. The van der Waals surface area contributed by atoms with Gasteiger partial charge in [-0.3, -0.25) is 4.79 Å². The Morgan fingerprint density at radius 1 is 1.11 bits per heavy atom.